The fraction of sp³-hybridized carbons (Fsp3) is 1.00. The standard InChI is InChI=1S/C13H15F13O/c1-6(5-27)2-7(10(15,16)17)3-8(11(18,19)20)4-9(14,12(21,22)23)13(24,25)26/h6-8,27H,2-5H2,1H3. The molecule has 0 amide bonds. The Bertz CT molecular complexity index is 445. The van der Waals surface area contributed by atoms with Crippen molar-refractivity contribution in [1.29, 1.82) is 0 Å². The zero-order valence-electron chi connectivity index (χ0n) is 13.4. The van der Waals surface area contributed by atoms with Crippen LogP contribution in [0.4, 0.5) is 57.1 Å². The van der Waals surface area contributed by atoms with Gasteiger partial charge in [-0.05, 0) is 18.8 Å². The maximum atomic E-state index is 13.6. The molecule has 0 aliphatic rings. The van der Waals surface area contributed by atoms with Crippen LogP contribution in [0.25, 0.3) is 0 Å². The number of halogens is 13. The highest BCUT2D eigenvalue weighted by atomic mass is 19.4. The van der Waals surface area contributed by atoms with Crippen molar-refractivity contribution in [3.63, 3.8) is 0 Å². The third-order valence-corrected chi connectivity index (χ3v) is 3.92. The van der Waals surface area contributed by atoms with Gasteiger partial charge >= 0.3 is 24.7 Å². The first kappa shape index (κ1) is 26.1. The van der Waals surface area contributed by atoms with E-state index in [0.29, 0.717) is 0 Å². The van der Waals surface area contributed by atoms with Crippen molar-refractivity contribution >= 4 is 0 Å². The summed E-state index contributed by atoms with van der Waals surface area (Å²) in [7, 11) is 0. The molecule has 0 rings (SSSR count). The summed E-state index contributed by atoms with van der Waals surface area (Å²) in [6, 6.07) is 0. The zero-order chi connectivity index (χ0) is 22.1. The Balaban J connectivity index is 5.93. The highest BCUT2D eigenvalue weighted by molar-refractivity contribution is 4.97. The van der Waals surface area contributed by atoms with Crippen molar-refractivity contribution in [2.75, 3.05) is 6.61 Å². The van der Waals surface area contributed by atoms with E-state index >= 15 is 0 Å². The average molecular weight is 434 g/mol. The molecule has 0 aromatic heterocycles. The molecule has 3 unspecified atom stereocenters. The molecule has 0 aliphatic carbocycles. The monoisotopic (exact) mass is 434 g/mol. The van der Waals surface area contributed by atoms with E-state index in [4.69, 9.17) is 5.11 Å². The van der Waals surface area contributed by atoms with Crippen molar-refractivity contribution in [2.24, 2.45) is 17.8 Å². The van der Waals surface area contributed by atoms with E-state index in [9.17, 15) is 57.1 Å². The van der Waals surface area contributed by atoms with Crippen LogP contribution in [0.1, 0.15) is 26.2 Å². The van der Waals surface area contributed by atoms with Gasteiger partial charge in [0.25, 0.3) is 5.67 Å². The van der Waals surface area contributed by atoms with Gasteiger partial charge in [-0.15, -0.1) is 0 Å². The number of rotatable bonds is 7. The number of aliphatic hydroxyl groups excluding tert-OH is 1. The molecule has 27 heavy (non-hydrogen) atoms. The molecule has 0 aromatic carbocycles. The predicted octanol–water partition coefficient (Wildman–Crippen LogP) is 5.98. The number of hydrogen-bond donors (Lipinski definition) is 1. The van der Waals surface area contributed by atoms with Crippen LogP contribution in [0.5, 0.6) is 0 Å². The van der Waals surface area contributed by atoms with Gasteiger partial charge in [0.15, 0.2) is 0 Å². The molecule has 3 atom stereocenters. The van der Waals surface area contributed by atoms with Crippen LogP contribution in [0.15, 0.2) is 0 Å². The second-order valence-electron chi connectivity index (χ2n) is 6.24. The summed E-state index contributed by atoms with van der Waals surface area (Å²) in [6.07, 6.45) is -31.7. The fourth-order valence-corrected chi connectivity index (χ4v) is 2.33. The summed E-state index contributed by atoms with van der Waals surface area (Å²) in [4.78, 5) is 0. The third-order valence-electron chi connectivity index (χ3n) is 3.92. The molecule has 0 fully saturated rings. The minimum Gasteiger partial charge on any atom is -0.396 e. The van der Waals surface area contributed by atoms with E-state index < -0.39 is 74.0 Å². The van der Waals surface area contributed by atoms with Gasteiger partial charge < -0.3 is 5.11 Å². The molecule has 14 heteroatoms. The Morgan fingerprint density at radius 3 is 1.26 bits per heavy atom. The molecule has 0 radical (unpaired) electrons. The molecular weight excluding hydrogens is 419 g/mol. The quantitative estimate of drug-likeness (QED) is 0.490. The summed E-state index contributed by atoms with van der Waals surface area (Å²) in [5.74, 6) is -8.11. The van der Waals surface area contributed by atoms with Crippen molar-refractivity contribution in [1.82, 2.24) is 0 Å². The van der Waals surface area contributed by atoms with E-state index in [1.807, 2.05) is 0 Å². The Kier molecular flexibility index (Phi) is 7.91. The molecule has 0 saturated heterocycles. The van der Waals surface area contributed by atoms with E-state index in [-0.39, 0.29) is 0 Å². The van der Waals surface area contributed by atoms with Gasteiger partial charge in [0.2, 0.25) is 0 Å². The van der Waals surface area contributed by atoms with Crippen molar-refractivity contribution in [3.8, 4) is 0 Å². The first-order valence-electron chi connectivity index (χ1n) is 7.23. The number of alkyl halides is 13. The van der Waals surface area contributed by atoms with Gasteiger partial charge in [0, 0.05) is 13.0 Å². The molecule has 0 aromatic rings. The van der Waals surface area contributed by atoms with Crippen molar-refractivity contribution in [3.05, 3.63) is 0 Å². The maximum Gasteiger partial charge on any atom is 0.431 e. The lowest BCUT2D eigenvalue weighted by Gasteiger charge is -2.35. The van der Waals surface area contributed by atoms with Gasteiger partial charge in [-0.2, -0.15) is 52.7 Å². The van der Waals surface area contributed by atoms with Crippen LogP contribution in [-0.2, 0) is 0 Å². The second-order valence-corrected chi connectivity index (χ2v) is 6.24. The van der Waals surface area contributed by atoms with Crippen LogP contribution < -0.4 is 0 Å². The SMILES string of the molecule is CC(CO)CC(CC(CC(F)(C(F)(F)F)C(F)(F)F)C(F)(F)F)C(F)(F)F. The largest absolute Gasteiger partial charge is 0.431 e. The van der Waals surface area contributed by atoms with Gasteiger partial charge in [-0.3, -0.25) is 0 Å². The summed E-state index contributed by atoms with van der Waals surface area (Å²) in [5.41, 5.74) is -6.33. The number of hydrogen-bond acceptors (Lipinski definition) is 1. The van der Waals surface area contributed by atoms with Crippen LogP contribution in [0.2, 0.25) is 0 Å². The van der Waals surface area contributed by atoms with Gasteiger partial charge in [0.1, 0.15) is 0 Å². The van der Waals surface area contributed by atoms with E-state index in [0.717, 1.165) is 6.92 Å². The first-order valence-corrected chi connectivity index (χ1v) is 7.23. The third kappa shape index (κ3) is 6.86. The fourth-order valence-electron chi connectivity index (χ4n) is 2.33. The maximum absolute atomic E-state index is 13.6. The normalized spacial score (nSPS) is 18.3. The first-order chi connectivity index (χ1) is 11.7. The Morgan fingerprint density at radius 2 is 1.00 bits per heavy atom. The Labute approximate surface area is 144 Å². The minimum atomic E-state index is -6.82. The van der Waals surface area contributed by atoms with Crippen LogP contribution in [0.3, 0.4) is 0 Å². The molecule has 0 bridgehead atoms. The van der Waals surface area contributed by atoms with Crippen LogP contribution >= 0.6 is 0 Å². The predicted molar refractivity (Wildman–Crippen MR) is 65.1 cm³/mol. The van der Waals surface area contributed by atoms with Gasteiger partial charge in [0.05, 0.1) is 11.8 Å². The number of aliphatic hydroxyl groups is 1. The highest BCUT2D eigenvalue weighted by Gasteiger charge is 2.74. The van der Waals surface area contributed by atoms with Crippen molar-refractivity contribution < 1.29 is 62.2 Å². The van der Waals surface area contributed by atoms with E-state index in [1.54, 1.807) is 0 Å². The molecule has 0 saturated carbocycles. The lowest BCUT2D eigenvalue weighted by atomic mass is 9.81. The van der Waals surface area contributed by atoms with Gasteiger partial charge in [-0.1, -0.05) is 6.92 Å². The summed E-state index contributed by atoms with van der Waals surface area (Å²) < 4.78 is 166. The topological polar surface area (TPSA) is 20.2 Å². The average Bonchev–Trinajstić information content (AvgIpc) is 2.40. The molecular formula is C13H15F13O. The van der Waals surface area contributed by atoms with Crippen LogP contribution in [-0.4, -0.2) is 42.1 Å². The van der Waals surface area contributed by atoms with Gasteiger partial charge in [-0.25, -0.2) is 4.39 Å². The zero-order valence-corrected chi connectivity index (χ0v) is 13.4. The Morgan fingerprint density at radius 1 is 0.630 bits per heavy atom. The molecule has 0 spiro atoms. The summed E-state index contributed by atoms with van der Waals surface area (Å²) in [5, 5.41) is 8.70. The summed E-state index contributed by atoms with van der Waals surface area (Å²) in [6.45, 7) is 0.0631. The molecule has 1 N–H and O–H groups in total. The van der Waals surface area contributed by atoms with Crippen LogP contribution in [0, 0.1) is 17.8 Å². The van der Waals surface area contributed by atoms with Crippen molar-refractivity contribution in [2.45, 2.75) is 56.6 Å². The van der Waals surface area contributed by atoms with E-state index in [2.05, 4.69) is 0 Å². The summed E-state index contributed by atoms with van der Waals surface area (Å²) >= 11 is 0. The molecule has 1 nitrogen and oxygen atoms in total. The molecule has 164 valence electrons. The lowest BCUT2D eigenvalue weighted by Crippen LogP contribution is -2.55. The smallest absolute Gasteiger partial charge is 0.396 e. The highest BCUT2D eigenvalue weighted by Crippen LogP contribution is 2.53. The minimum absolute atomic E-state index is 0.915. The molecule has 0 heterocycles. The van der Waals surface area contributed by atoms with E-state index in [1.165, 1.54) is 0 Å². The second kappa shape index (κ2) is 8.19. The lowest BCUT2D eigenvalue weighted by molar-refractivity contribution is -0.353. The molecule has 0 aliphatic heterocycles. The Hall–Kier alpha value is -0.950.